The number of hydrogen-bond donors (Lipinski definition) is 1. The van der Waals surface area contributed by atoms with E-state index in [2.05, 4.69) is 0 Å². The van der Waals surface area contributed by atoms with Gasteiger partial charge in [0.05, 0.1) is 0 Å². The fourth-order valence-corrected chi connectivity index (χ4v) is 2.17. The molecule has 0 fully saturated rings. The van der Waals surface area contributed by atoms with Gasteiger partial charge >= 0.3 is 0 Å². The molecule has 0 saturated carbocycles. The molecule has 2 unspecified atom stereocenters. The maximum absolute atomic E-state index is 13.4. The van der Waals surface area contributed by atoms with Gasteiger partial charge in [-0.05, 0) is 42.3 Å². The van der Waals surface area contributed by atoms with Crippen molar-refractivity contribution in [3.8, 4) is 5.75 Å². The fraction of sp³-hybridized carbons (Fsp3) is 0.250. The van der Waals surface area contributed by atoms with Gasteiger partial charge in [-0.15, -0.1) is 0 Å². The smallest absolute Gasteiger partial charge is 0.139 e. The van der Waals surface area contributed by atoms with Crippen LogP contribution in [0.5, 0.6) is 5.75 Å². The van der Waals surface area contributed by atoms with E-state index in [1.54, 1.807) is 30.3 Å². The minimum absolute atomic E-state index is 0.226. The van der Waals surface area contributed by atoms with Crippen molar-refractivity contribution in [2.24, 2.45) is 5.73 Å². The molecule has 0 spiro atoms. The third kappa shape index (κ3) is 3.71. The molecule has 0 bridgehead atoms. The number of benzene rings is 2. The molecule has 0 aliphatic rings. The normalized spacial score (nSPS) is 13.8. The van der Waals surface area contributed by atoms with E-state index in [-0.39, 0.29) is 11.9 Å². The minimum atomic E-state index is -0.408. The molecule has 0 radical (unpaired) electrons. The first kappa shape index (κ1) is 14.8. The van der Waals surface area contributed by atoms with Crippen molar-refractivity contribution < 1.29 is 9.13 Å². The number of hydrogen-bond acceptors (Lipinski definition) is 2. The highest BCUT2D eigenvalue weighted by atomic mass is 35.5. The van der Waals surface area contributed by atoms with Crippen molar-refractivity contribution in [1.82, 2.24) is 0 Å². The summed E-state index contributed by atoms with van der Waals surface area (Å²) in [7, 11) is 0. The van der Waals surface area contributed by atoms with Gasteiger partial charge in [0.2, 0.25) is 0 Å². The van der Waals surface area contributed by atoms with E-state index in [1.807, 2.05) is 13.0 Å². The van der Waals surface area contributed by atoms with Crippen molar-refractivity contribution in [2.45, 2.75) is 25.5 Å². The highest BCUT2D eigenvalue weighted by Gasteiger charge is 2.21. The molecule has 20 heavy (non-hydrogen) atoms. The third-order valence-electron chi connectivity index (χ3n) is 3.10. The molecule has 2 atom stereocenters. The van der Waals surface area contributed by atoms with E-state index in [0.29, 0.717) is 10.8 Å². The van der Waals surface area contributed by atoms with Gasteiger partial charge < -0.3 is 10.5 Å². The van der Waals surface area contributed by atoms with E-state index in [4.69, 9.17) is 22.1 Å². The van der Waals surface area contributed by atoms with Gasteiger partial charge in [0, 0.05) is 11.1 Å². The summed E-state index contributed by atoms with van der Waals surface area (Å²) in [5.41, 5.74) is 6.83. The predicted octanol–water partition coefficient (Wildman–Crippen LogP) is 4.34. The molecule has 2 N–H and O–H groups in total. The van der Waals surface area contributed by atoms with Crippen LogP contribution in [0, 0.1) is 5.82 Å². The Morgan fingerprint density at radius 1 is 1.20 bits per heavy atom. The lowest BCUT2D eigenvalue weighted by Gasteiger charge is -2.25. The Labute approximate surface area is 123 Å². The largest absolute Gasteiger partial charge is 0.484 e. The lowest BCUT2D eigenvalue weighted by Crippen LogP contribution is -2.31. The van der Waals surface area contributed by atoms with Gasteiger partial charge in [0.15, 0.2) is 0 Å². The van der Waals surface area contributed by atoms with Crippen LogP contribution in [0.15, 0.2) is 48.5 Å². The van der Waals surface area contributed by atoms with Crippen LogP contribution in [0.4, 0.5) is 4.39 Å². The summed E-state index contributed by atoms with van der Waals surface area (Å²) in [4.78, 5) is 0. The maximum atomic E-state index is 13.4. The van der Waals surface area contributed by atoms with Crippen molar-refractivity contribution in [3.63, 3.8) is 0 Å². The monoisotopic (exact) mass is 293 g/mol. The van der Waals surface area contributed by atoms with Crippen molar-refractivity contribution >= 4 is 11.6 Å². The van der Waals surface area contributed by atoms with E-state index >= 15 is 0 Å². The molecule has 106 valence electrons. The standard InChI is InChI=1S/C16H17ClFNO/c1-2-15(19)16(11-5-3-7-13(18)9-11)20-14-8-4-6-12(17)10-14/h3-10,15-16H,2,19H2,1H3. The van der Waals surface area contributed by atoms with Gasteiger partial charge in [-0.25, -0.2) is 4.39 Å². The third-order valence-corrected chi connectivity index (χ3v) is 3.33. The average molecular weight is 294 g/mol. The van der Waals surface area contributed by atoms with E-state index in [1.165, 1.54) is 12.1 Å². The van der Waals surface area contributed by atoms with Crippen molar-refractivity contribution in [3.05, 3.63) is 64.9 Å². The highest BCUT2D eigenvalue weighted by molar-refractivity contribution is 6.30. The van der Waals surface area contributed by atoms with Crippen LogP contribution < -0.4 is 10.5 Å². The van der Waals surface area contributed by atoms with Crippen LogP contribution in [0.1, 0.15) is 25.0 Å². The molecule has 2 rings (SSSR count). The van der Waals surface area contributed by atoms with Gasteiger partial charge in [0.25, 0.3) is 0 Å². The first-order chi connectivity index (χ1) is 9.60. The van der Waals surface area contributed by atoms with Gasteiger partial charge in [-0.2, -0.15) is 0 Å². The Balaban J connectivity index is 2.29. The number of halogens is 2. The quantitative estimate of drug-likeness (QED) is 0.890. The molecular weight excluding hydrogens is 277 g/mol. The second kappa shape index (κ2) is 6.73. The van der Waals surface area contributed by atoms with E-state index in [9.17, 15) is 4.39 Å². The number of rotatable bonds is 5. The molecule has 2 aromatic rings. The summed E-state index contributed by atoms with van der Waals surface area (Å²) in [5, 5.41) is 0.588. The SMILES string of the molecule is CCC(N)C(Oc1cccc(Cl)c1)c1cccc(F)c1. The van der Waals surface area contributed by atoms with Crippen LogP contribution in [-0.2, 0) is 0 Å². The summed E-state index contributed by atoms with van der Waals surface area (Å²) in [6, 6.07) is 13.2. The lowest BCUT2D eigenvalue weighted by molar-refractivity contribution is 0.170. The van der Waals surface area contributed by atoms with Gasteiger partial charge in [-0.3, -0.25) is 0 Å². The van der Waals surface area contributed by atoms with Gasteiger partial charge in [0.1, 0.15) is 17.7 Å². The van der Waals surface area contributed by atoms with Crippen molar-refractivity contribution in [2.75, 3.05) is 0 Å². The molecule has 0 aliphatic carbocycles. The highest BCUT2D eigenvalue weighted by Crippen LogP contribution is 2.27. The Hall–Kier alpha value is -1.58. The summed E-state index contributed by atoms with van der Waals surface area (Å²) < 4.78 is 19.3. The molecule has 0 saturated heterocycles. The van der Waals surface area contributed by atoms with E-state index < -0.39 is 6.10 Å². The summed E-state index contributed by atoms with van der Waals surface area (Å²) >= 11 is 5.94. The molecule has 0 amide bonds. The topological polar surface area (TPSA) is 35.2 Å². The zero-order chi connectivity index (χ0) is 14.5. The zero-order valence-corrected chi connectivity index (χ0v) is 12.0. The molecular formula is C16H17ClFNO. The lowest BCUT2D eigenvalue weighted by atomic mass is 10.0. The molecule has 4 heteroatoms. The number of nitrogens with two attached hydrogens (primary N) is 1. The Morgan fingerprint density at radius 2 is 1.95 bits per heavy atom. The summed E-state index contributed by atoms with van der Waals surface area (Å²) in [5.74, 6) is 0.321. The second-order valence-electron chi connectivity index (χ2n) is 4.62. The molecule has 0 aromatic heterocycles. The summed E-state index contributed by atoms with van der Waals surface area (Å²) in [6.45, 7) is 1.97. The number of ether oxygens (including phenoxy) is 1. The zero-order valence-electron chi connectivity index (χ0n) is 11.2. The fourth-order valence-electron chi connectivity index (χ4n) is 1.99. The second-order valence-corrected chi connectivity index (χ2v) is 5.06. The van der Waals surface area contributed by atoms with Crippen LogP contribution >= 0.6 is 11.6 Å². The van der Waals surface area contributed by atoms with E-state index in [0.717, 1.165) is 12.0 Å². The molecule has 0 aliphatic heterocycles. The Morgan fingerprint density at radius 3 is 2.60 bits per heavy atom. The first-order valence-electron chi connectivity index (χ1n) is 6.53. The van der Waals surface area contributed by atoms with Crippen molar-refractivity contribution in [1.29, 1.82) is 0 Å². The molecule has 0 heterocycles. The Kier molecular flexibility index (Phi) is 4.99. The predicted molar refractivity (Wildman–Crippen MR) is 79.5 cm³/mol. The van der Waals surface area contributed by atoms with Crippen LogP contribution in [0.2, 0.25) is 5.02 Å². The van der Waals surface area contributed by atoms with Crippen LogP contribution in [0.25, 0.3) is 0 Å². The summed E-state index contributed by atoms with van der Waals surface area (Å²) in [6.07, 6.45) is 0.316. The molecule has 2 aromatic carbocycles. The molecule has 2 nitrogen and oxygen atoms in total. The minimum Gasteiger partial charge on any atom is -0.484 e. The average Bonchev–Trinajstić information content (AvgIpc) is 2.44. The Bertz CT molecular complexity index is 576. The van der Waals surface area contributed by atoms with Crippen LogP contribution in [0.3, 0.4) is 0 Å². The first-order valence-corrected chi connectivity index (χ1v) is 6.91. The van der Waals surface area contributed by atoms with Crippen LogP contribution in [-0.4, -0.2) is 6.04 Å². The maximum Gasteiger partial charge on any atom is 0.139 e. The van der Waals surface area contributed by atoms with Gasteiger partial charge in [-0.1, -0.05) is 36.7 Å².